The molecule has 1 fully saturated rings. The van der Waals surface area contributed by atoms with Crippen LogP contribution in [0.15, 0.2) is 0 Å². The number of β-amino-alcohol motifs (C(OH)–C–C–N with tert-alkyl or cyclic N) is 1. The van der Waals surface area contributed by atoms with E-state index in [-0.39, 0.29) is 0 Å². The number of carbonyl (C=O) groups is 2. The second kappa shape index (κ2) is 15.2. The van der Waals surface area contributed by atoms with Crippen LogP contribution in [0.4, 0.5) is 0 Å². The highest BCUT2D eigenvalue weighted by molar-refractivity contribution is 5.88. The predicted molar refractivity (Wildman–Crippen MR) is 104 cm³/mol. The van der Waals surface area contributed by atoms with Gasteiger partial charge < -0.3 is 15.2 Å². The van der Waals surface area contributed by atoms with E-state index in [1.807, 2.05) is 0 Å². The molecule has 0 spiro atoms. The first-order valence-corrected chi connectivity index (χ1v) is 10.8. The van der Waals surface area contributed by atoms with Gasteiger partial charge in [-0.3, -0.25) is 4.79 Å². The molecule has 1 rings (SSSR count). The molecule has 2 N–H and O–H groups in total. The molecule has 1 aliphatic rings. The number of hydrogen-bond donors (Lipinski definition) is 2. The first-order chi connectivity index (χ1) is 12.6. The minimum absolute atomic E-state index is 0.304. The Morgan fingerprint density at radius 3 is 1.85 bits per heavy atom. The molecule has 0 saturated carbocycles. The van der Waals surface area contributed by atoms with Gasteiger partial charge in [-0.2, -0.15) is 0 Å². The summed E-state index contributed by atoms with van der Waals surface area (Å²) in [6, 6.07) is -0.541. The second-order valence-corrected chi connectivity index (χ2v) is 7.64. The highest BCUT2D eigenvalue weighted by Gasteiger charge is 2.30. The standard InChI is InChI=1S/C21H39NO4/c1-2-3-4-5-6-7-8-9-10-11-12-13-14-15-20(24)26-21(25)19-16-18(23)17-22-19/h18-19,22-23H,2-17H2,1H3/t18-,19+/m1/s1. The van der Waals surface area contributed by atoms with Gasteiger partial charge >= 0.3 is 11.9 Å². The Balaban J connectivity index is 1.84. The molecule has 5 nitrogen and oxygen atoms in total. The van der Waals surface area contributed by atoms with Gasteiger partial charge in [0.05, 0.1) is 6.10 Å². The maximum Gasteiger partial charge on any atom is 0.330 e. The number of carbonyl (C=O) groups excluding carboxylic acids is 2. The van der Waals surface area contributed by atoms with E-state index < -0.39 is 24.1 Å². The Bertz CT molecular complexity index is 386. The second-order valence-electron chi connectivity index (χ2n) is 7.64. The van der Waals surface area contributed by atoms with Gasteiger partial charge in [-0.1, -0.05) is 84.0 Å². The van der Waals surface area contributed by atoms with Crippen molar-refractivity contribution in [3.8, 4) is 0 Å². The maximum absolute atomic E-state index is 11.7. The van der Waals surface area contributed by atoms with Crippen molar-refractivity contribution in [2.45, 2.75) is 115 Å². The average molecular weight is 370 g/mol. The molecule has 1 aliphatic heterocycles. The van der Waals surface area contributed by atoms with E-state index in [0.717, 1.165) is 19.3 Å². The summed E-state index contributed by atoms with van der Waals surface area (Å²) in [7, 11) is 0. The van der Waals surface area contributed by atoms with Crippen LogP contribution in [0, 0.1) is 0 Å². The molecule has 0 aromatic carbocycles. The van der Waals surface area contributed by atoms with Crippen molar-refractivity contribution < 1.29 is 19.4 Å². The summed E-state index contributed by atoms with van der Waals surface area (Å²) in [5.74, 6) is -0.998. The van der Waals surface area contributed by atoms with Gasteiger partial charge in [0.25, 0.3) is 0 Å². The number of nitrogens with one attached hydrogen (secondary N) is 1. The van der Waals surface area contributed by atoms with Gasteiger partial charge in [0.1, 0.15) is 6.04 Å². The Kier molecular flexibility index (Phi) is 13.5. The molecule has 0 radical (unpaired) electrons. The summed E-state index contributed by atoms with van der Waals surface area (Å²) in [4.78, 5) is 23.4. The number of hydrogen-bond acceptors (Lipinski definition) is 5. The molecular weight excluding hydrogens is 330 g/mol. The molecule has 0 bridgehead atoms. The third-order valence-corrected chi connectivity index (χ3v) is 5.09. The van der Waals surface area contributed by atoms with Gasteiger partial charge in [0.2, 0.25) is 0 Å². The highest BCUT2D eigenvalue weighted by atomic mass is 16.6. The molecule has 0 unspecified atom stereocenters. The summed E-state index contributed by atoms with van der Waals surface area (Å²) in [6.45, 7) is 2.63. The zero-order valence-electron chi connectivity index (χ0n) is 16.6. The summed E-state index contributed by atoms with van der Waals surface area (Å²) in [5, 5.41) is 12.2. The van der Waals surface area contributed by atoms with E-state index in [9.17, 15) is 14.7 Å². The number of ether oxygens (including phenoxy) is 1. The average Bonchev–Trinajstić information content (AvgIpc) is 3.05. The first kappa shape index (κ1) is 23.1. The minimum atomic E-state index is -0.554. The lowest BCUT2D eigenvalue weighted by molar-refractivity contribution is -0.161. The number of aliphatic hydroxyl groups excluding tert-OH is 1. The molecule has 26 heavy (non-hydrogen) atoms. The quantitative estimate of drug-likeness (QED) is 0.256. The third kappa shape index (κ3) is 11.6. The topological polar surface area (TPSA) is 75.6 Å². The maximum atomic E-state index is 11.7. The molecular formula is C21H39NO4. The van der Waals surface area contributed by atoms with Crippen LogP contribution in [0.5, 0.6) is 0 Å². The fourth-order valence-corrected chi connectivity index (χ4v) is 3.42. The third-order valence-electron chi connectivity index (χ3n) is 5.09. The van der Waals surface area contributed by atoms with Crippen molar-refractivity contribution >= 4 is 11.9 Å². The van der Waals surface area contributed by atoms with Crippen molar-refractivity contribution in [3.05, 3.63) is 0 Å². The lowest BCUT2D eigenvalue weighted by Crippen LogP contribution is -2.33. The van der Waals surface area contributed by atoms with Crippen LogP contribution in [0.2, 0.25) is 0 Å². The van der Waals surface area contributed by atoms with E-state index in [1.54, 1.807) is 0 Å². The fraction of sp³-hybridized carbons (Fsp3) is 0.905. The van der Waals surface area contributed by atoms with Crippen molar-refractivity contribution in [1.82, 2.24) is 5.32 Å². The number of aliphatic hydroxyl groups is 1. The molecule has 0 aromatic heterocycles. The monoisotopic (exact) mass is 369 g/mol. The highest BCUT2D eigenvalue weighted by Crippen LogP contribution is 2.13. The predicted octanol–water partition coefficient (Wildman–Crippen LogP) is 4.26. The first-order valence-electron chi connectivity index (χ1n) is 10.8. The van der Waals surface area contributed by atoms with Crippen molar-refractivity contribution in [1.29, 1.82) is 0 Å². The summed E-state index contributed by atoms with van der Waals surface area (Å²) >= 11 is 0. The van der Waals surface area contributed by atoms with Crippen LogP contribution in [-0.2, 0) is 14.3 Å². The lowest BCUT2D eigenvalue weighted by atomic mass is 10.0. The lowest BCUT2D eigenvalue weighted by Gasteiger charge is -2.08. The Morgan fingerprint density at radius 1 is 0.885 bits per heavy atom. The molecule has 2 atom stereocenters. The number of unbranched alkanes of at least 4 members (excludes halogenated alkanes) is 12. The van der Waals surface area contributed by atoms with Gasteiger partial charge in [-0.05, 0) is 6.42 Å². The van der Waals surface area contributed by atoms with Crippen LogP contribution in [-0.4, -0.2) is 35.7 Å². The van der Waals surface area contributed by atoms with Gasteiger partial charge in [0.15, 0.2) is 0 Å². The Morgan fingerprint density at radius 2 is 1.38 bits per heavy atom. The van der Waals surface area contributed by atoms with Gasteiger partial charge in [-0.15, -0.1) is 0 Å². The molecule has 1 saturated heterocycles. The fourth-order valence-electron chi connectivity index (χ4n) is 3.42. The molecule has 5 heteroatoms. The summed E-state index contributed by atoms with van der Waals surface area (Å²) < 4.78 is 4.84. The largest absolute Gasteiger partial charge is 0.392 e. The van der Waals surface area contributed by atoms with E-state index in [1.165, 1.54) is 64.2 Å². The molecule has 0 amide bonds. The van der Waals surface area contributed by atoms with Gasteiger partial charge in [0, 0.05) is 19.4 Å². The van der Waals surface area contributed by atoms with Crippen LogP contribution in [0.25, 0.3) is 0 Å². The Hall–Kier alpha value is -0.940. The number of rotatable bonds is 15. The van der Waals surface area contributed by atoms with Crippen LogP contribution >= 0.6 is 0 Å². The Labute approximate surface area is 159 Å². The smallest absolute Gasteiger partial charge is 0.330 e. The van der Waals surface area contributed by atoms with Crippen molar-refractivity contribution in [2.75, 3.05) is 6.54 Å². The minimum Gasteiger partial charge on any atom is -0.392 e. The SMILES string of the molecule is CCCCCCCCCCCCCCCC(=O)OC(=O)[C@@H]1C[C@@H](O)CN1. The van der Waals surface area contributed by atoms with E-state index >= 15 is 0 Å². The van der Waals surface area contributed by atoms with E-state index in [2.05, 4.69) is 12.2 Å². The molecule has 0 aromatic rings. The van der Waals surface area contributed by atoms with E-state index in [0.29, 0.717) is 19.4 Å². The van der Waals surface area contributed by atoms with Crippen molar-refractivity contribution in [3.63, 3.8) is 0 Å². The molecule has 0 aliphatic carbocycles. The molecule has 1 heterocycles. The normalized spacial score (nSPS) is 19.6. The van der Waals surface area contributed by atoms with Gasteiger partial charge in [-0.25, -0.2) is 4.79 Å². The summed E-state index contributed by atoms with van der Waals surface area (Å²) in [5.41, 5.74) is 0. The van der Waals surface area contributed by atoms with E-state index in [4.69, 9.17) is 4.74 Å². The zero-order chi connectivity index (χ0) is 19.0. The van der Waals surface area contributed by atoms with Crippen molar-refractivity contribution in [2.24, 2.45) is 0 Å². The zero-order valence-corrected chi connectivity index (χ0v) is 16.6. The number of esters is 2. The summed E-state index contributed by atoms with van der Waals surface area (Å²) in [6.07, 6.45) is 16.5. The van der Waals surface area contributed by atoms with Crippen LogP contribution < -0.4 is 5.32 Å². The van der Waals surface area contributed by atoms with Crippen LogP contribution in [0.1, 0.15) is 103 Å². The molecule has 152 valence electrons. The van der Waals surface area contributed by atoms with Crippen LogP contribution in [0.3, 0.4) is 0 Å².